The van der Waals surface area contributed by atoms with Crippen LogP contribution in [0.3, 0.4) is 0 Å². The van der Waals surface area contributed by atoms with Crippen LogP contribution >= 0.6 is 0 Å². The monoisotopic (exact) mass is 333 g/mol. The van der Waals surface area contributed by atoms with Gasteiger partial charge in [0.05, 0.1) is 12.2 Å². The second kappa shape index (κ2) is 8.01. The molecule has 25 heavy (non-hydrogen) atoms. The summed E-state index contributed by atoms with van der Waals surface area (Å²) in [6.07, 6.45) is 3.30. The van der Waals surface area contributed by atoms with Crippen molar-refractivity contribution in [2.75, 3.05) is 11.4 Å². The van der Waals surface area contributed by atoms with Gasteiger partial charge in [-0.15, -0.1) is 0 Å². The van der Waals surface area contributed by atoms with Crippen LogP contribution < -0.4 is 10.2 Å². The number of hydrogen-bond donors (Lipinski definition) is 1. The fourth-order valence-corrected chi connectivity index (χ4v) is 2.42. The van der Waals surface area contributed by atoms with Crippen molar-refractivity contribution in [2.45, 2.75) is 13.5 Å². The number of anilines is 2. The van der Waals surface area contributed by atoms with Gasteiger partial charge in [-0.1, -0.05) is 24.3 Å². The third-order valence-corrected chi connectivity index (χ3v) is 3.66. The number of rotatable bonds is 6. The molecule has 6 heteroatoms. The molecule has 6 nitrogen and oxygen atoms in total. The van der Waals surface area contributed by atoms with Crippen molar-refractivity contribution < 1.29 is 4.79 Å². The summed E-state index contributed by atoms with van der Waals surface area (Å²) < 4.78 is 0. The molecule has 126 valence electrons. The topological polar surface area (TPSA) is 71.0 Å². The van der Waals surface area contributed by atoms with Gasteiger partial charge in [-0.05, 0) is 37.3 Å². The highest BCUT2D eigenvalue weighted by Crippen LogP contribution is 2.20. The Hall–Kier alpha value is -3.28. The molecular weight excluding hydrogens is 314 g/mol. The molecular formula is C19H19N5O. The molecule has 0 aliphatic carbocycles. The summed E-state index contributed by atoms with van der Waals surface area (Å²) in [7, 11) is 0. The third-order valence-electron chi connectivity index (χ3n) is 3.66. The van der Waals surface area contributed by atoms with E-state index in [9.17, 15) is 4.79 Å². The van der Waals surface area contributed by atoms with Crippen molar-refractivity contribution in [1.82, 2.24) is 20.3 Å². The minimum atomic E-state index is -0.251. The Labute approximate surface area is 146 Å². The van der Waals surface area contributed by atoms with E-state index < -0.39 is 0 Å². The van der Waals surface area contributed by atoms with Crippen LogP contribution in [0.4, 0.5) is 11.6 Å². The van der Waals surface area contributed by atoms with E-state index in [-0.39, 0.29) is 5.91 Å². The first-order valence-corrected chi connectivity index (χ1v) is 8.11. The first kappa shape index (κ1) is 16.6. The molecule has 0 fully saturated rings. The number of hydrogen-bond acceptors (Lipinski definition) is 5. The number of benzene rings is 1. The van der Waals surface area contributed by atoms with Gasteiger partial charge in [0.25, 0.3) is 5.91 Å². The zero-order chi connectivity index (χ0) is 17.5. The van der Waals surface area contributed by atoms with E-state index in [1.807, 2.05) is 60.4 Å². The second-order valence-corrected chi connectivity index (χ2v) is 5.33. The minimum absolute atomic E-state index is 0.251. The van der Waals surface area contributed by atoms with E-state index >= 15 is 0 Å². The molecule has 1 amide bonds. The van der Waals surface area contributed by atoms with Crippen molar-refractivity contribution in [1.29, 1.82) is 0 Å². The molecule has 0 spiro atoms. The molecule has 3 rings (SSSR count). The standard InChI is InChI=1S/C19H19N5O/c1-2-24(16-9-4-3-5-10-16)19-21-13-11-17(23-19)18(25)22-14-15-8-6-7-12-20-15/h3-13H,2,14H2,1H3,(H,22,25). The molecule has 1 N–H and O–H groups in total. The normalized spacial score (nSPS) is 10.3. The quantitative estimate of drug-likeness (QED) is 0.751. The fraction of sp³-hybridized carbons (Fsp3) is 0.158. The molecule has 2 heterocycles. The van der Waals surface area contributed by atoms with E-state index in [1.54, 1.807) is 18.5 Å². The lowest BCUT2D eigenvalue weighted by Gasteiger charge is -2.21. The Morgan fingerprint density at radius 3 is 2.52 bits per heavy atom. The van der Waals surface area contributed by atoms with Crippen molar-refractivity contribution in [2.24, 2.45) is 0 Å². The molecule has 0 aliphatic heterocycles. The number of carbonyl (C=O) groups excluding carboxylic acids is 1. The molecule has 0 atom stereocenters. The first-order chi connectivity index (χ1) is 12.3. The molecule has 3 aromatic rings. The lowest BCUT2D eigenvalue weighted by molar-refractivity contribution is 0.0945. The SMILES string of the molecule is CCN(c1ccccc1)c1nccc(C(=O)NCc2ccccn2)n1. The molecule has 0 radical (unpaired) electrons. The van der Waals surface area contributed by atoms with E-state index in [2.05, 4.69) is 20.3 Å². The number of nitrogens with zero attached hydrogens (tertiary/aromatic N) is 4. The Balaban J connectivity index is 1.75. The summed E-state index contributed by atoms with van der Waals surface area (Å²) >= 11 is 0. The highest BCUT2D eigenvalue weighted by atomic mass is 16.1. The summed E-state index contributed by atoms with van der Waals surface area (Å²) in [6, 6.07) is 17.0. The van der Waals surface area contributed by atoms with E-state index in [0.717, 1.165) is 11.4 Å². The maximum atomic E-state index is 12.4. The van der Waals surface area contributed by atoms with Crippen molar-refractivity contribution in [3.63, 3.8) is 0 Å². The van der Waals surface area contributed by atoms with Crippen LogP contribution in [0.2, 0.25) is 0 Å². The van der Waals surface area contributed by atoms with Crippen LogP contribution in [0.25, 0.3) is 0 Å². The van der Waals surface area contributed by atoms with Gasteiger partial charge < -0.3 is 10.2 Å². The zero-order valence-electron chi connectivity index (χ0n) is 14.0. The highest BCUT2D eigenvalue weighted by molar-refractivity contribution is 5.92. The average molecular weight is 333 g/mol. The summed E-state index contributed by atoms with van der Waals surface area (Å²) in [5.74, 6) is 0.248. The fourth-order valence-electron chi connectivity index (χ4n) is 2.42. The first-order valence-electron chi connectivity index (χ1n) is 8.11. The summed E-state index contributed by atoms with van der Waals surface area (Å²) in [5.41, 5.74) is 2.11. The predicted octanol–water partition coefficient (Wildman–Crippen LogP) is 2.96. The number of para-hydroxylation sites is 1. The van der Waals surface area contributed by atoms with Crippen LogP contribution in [-0.4, -0.2) is 27.4 Å². The van der Waals surface area contributed by atoms with E-state index in [0.29, 0.717) is 24.7 Å². The van der Waals surface area contributed by atoms with Gasteiger partial charge in [-0.2, -0.15) is 0 Å². The van der Waals surface area contributed by atoms with Crippen LogP contribution in [0, 0.1) is 0 Å². The van der Waals surface area contributed by atoms with Gasteiger partial charge in [-0.25, -0.2) is 9.97 Å². The largest absolute Gasteiger partial charge is 0.345 e. The van der Waals surface area contributed by atoms with E-state index in [4.69, 9.17) is 0 Å². The van der Waals surface area contributed by atoms with Gasteiger partial charge in [0.2, 0.25) is 5.95 Å². The summed E-state index contributed by atoms with van der Waals surface area (Å²) in [5, 5.41) is 2.83. The van der Waals surface area contributed by atoms with Gasteiger partial charge in [-0.3, -0.25) is 9.78 Å². The van der Waals surface area contributed by atoms with Crippen LogP contribution in [-0.2, 0) is 6.54 Å². The van der Waals surface area contributed by atoms with Crippen LogP contribution in [0.5, 0.6) is 0 Å². The summed E-state index contributed by atoms with van der Waals surface area (Å²) in [6.45, 7) is 3.07. The van der Waals surface area contributed by atoms with Crippen molar-refractivity contribution in [3.8, 4) is 0 Å². The molecule has 0 bridgehead atoms. The Kier molecular flexibility index (Phi) is 5.31. The number of pyridine rings is 1. The lowest BCUT2D eigenvalue weighted by Crippen LogP contribution is -2.26. The Morgan fingerprint density at radius 1 is 1.00 bits per heavy atom. The molecule has 0 unspecified atom stereocenters. The van der Waals surface area contributed by atoms with Crippen LogP contribution in [0.1, 0.15) is 23.1 Å². The predicted molar refractivity (Wildman–Crippen MR) is 96.6 cm³/mol. The Bertz CT molecular complexity index is 823. The number of nitrogens with one attached hydrogen (secondary N) is 1. The molecule has 0 saturated heterocycles. The number of aromatic nitrogens is 3. The van der Waals surface area contributed by atoms with Gasteiger partial charge in [0.1, 0.15) is 5.69 Å². The average Bonchev–Trinajstić information content (AvgIpc) is 2.69. The van der Waals surface area contributed by atoms with Gasteiger partial charge >= 0.3 is 0 Å². The second-order valence-electron chi connectivity index (χ2n) is 5.33. The molecule has 0 aliphatic rings. The third kappa shape index (κ3) is 4.17. The zero-order valence-corrected chi connectivity index (χ0v) is 14.0. The lowest BCUT2D eigenvalue weighted by atomic mass is 10.3. The Morgan fingerprint density at radius 2 is 1.80 bits per heavy atom. The van der Waals surface area contributed by atoms with Crippen molar-refractivity contribution in [3.05, 3.63) is 78.4 Å². The van der Waals surface area contributed by atoms with Crippen molar-refractivity contribution >= 4 is 17.5 Å². The summed E-state index contributed by atoms with van der Waals surface area (Å²) in [4.78, 5) is 27.2. The van der Waals surface area contributed by atoms with E-state index in [1.165, 1.54) is 0 Å². The number of amides is 1. The smallest absolute Gasteiger partial charge is 0.270 e. The molecule has 0 saturated carbocycles. The van der Waals surface area contributed by atoms with Crippen LogP contribution in [0.15, 0.2) is 67.0 Å². The maximum absolute atomic E-state index is 12.4. The molecule has 2 aromatic heterocycles. The number of carbonyl (C=O) groups is 1. The highest BCUT2D eigenvalue weighted by Gasteiger charge is 2.13. The maximum Gasteiger partial charge on any atom is 0.270 e. The molecule has 1 aromatic carbocycles. The van der Waals surface area contributed by atoms with Gasteiger partial charge in [0, 0.05) is 24.6 Å². The van der Waals surface area contributed by atoms with Gasteiger partial charge in [0.15, 0.2) is 0 Å². The minimum Gasteiger partial charge on any atom is -0.345 e.